The van der Waals surface area contributed by atoms with Crippen LogP contribution >= 0.6 is 0 Å². The van der Waals surface area contributed by atoms with E-state index >= 15 is 0 Å². The topological polar surface area (TPSA) is 38.0 Å². The van der Waals surface area contributed by atoms with E-state index in [-0.39, 0.29) is 12.8 Å². The highest BCUT2D eigenvalue weighted by molar-refractivity contribution is 5.01. The number of aliphatic hydroxyl groups is 1. The summed E-state index contributed by atoms with van der Waals surface area (Å²) in [6.07, 6.45) is -2.90. The van der Waals surface area contributed by atoms with Gasteiger partial charge in [-0.25, -0.2) is 4.98 Å². The number of aromatic nitrogens is 2. The predicted octanol–water partition coefficient (Wildman–Crippen LogP) is 2.19. The van der Waals surface area contributed by atoms with Crippen molar-refractivity contribution in [1.82, 2.24) is 9.55 Å². The molecule has 1 heterocycles. The van der Waals surface area contributed by atoms with Gasteiger partial charge < -0.3 is 9.67 Å². The number of hydrogen-bond donors (Lipinski definition) is 1. The summed E-state index contributed by atoms with van der Waals surface area (Å²) in [4.78, 5) is 3.78. The van der Waals surface area contributed by atoms with Gasteiger partial charge in [0, 0.05) is 13.5 Å². The molecule has 1 aromatic heterocycles. The Kier molecular flexibility index (Phi) is 3.73. The Bertz CT molecular complexity index is 309. The largest absolute Gasteiger partial charge is 0.389 e. The minimum absolute atomic E-state index is 0.0736. The zero-order valence-corrected chi connectivity index (χ0v) is 8.33. The molecule has 0 saturated heterocycles. The van der Waals surface area contributed by atoms with Crippen LogP contribution in [0.2, 0.25) is 0 Å². The number of rotatable bonds is 4. The second kappa shape index (κ2) is 4.65. The molecule has 0 aliphatic rings. The summed E-state index contributed by atoms with van der Waals surface area (Å²) in [7, 11) is 1.69. The van der Waals surface area contributed by atoms with Crippen LogP contribution in [0.5, 0.6) is 0 Å². The SMILES string of the molecule is Cn1cncc1C(O)CCCC(F)(F)F. The third-order valence-electron chi connectivity index (χ3n) is 2.13. The van der Waals surface area contributed by atoms with E-state index in [0.717, 1.165) is 0 Å². The maximum atomic E-state index is 11.8. The van der Waals surface area contributed by atoms with Gasteiger partial charge in [0.05, 0.1) is 24.3 Å². The molecule has 1 aromatic rings. The monoisotopic (exact) mass is 222 g/mol. The van der Waals surface area contributed by atoms with E-state index in [1.165, 1.54) is 12.5 Å². The van der Waals surface area contributed by atoms with Gasteiger partial charge in [-0.2, -0.15) is 13.2 Å². The molecular weight excluding hydrogens is 209 g/mol. The number of imidazole rings is 1. The number of aliphatic hydroxyl groups excluding tert-OH is 1. The highest BCUT2D eigenvalue weighted by atomic mass is 19.4. The van der Waals surface area contributed by atoms with Crippen molar-refractivity contribution in [2.24, 2.45) is 7.05 Å². The Balaban J connectivity index is 2.37. The van der Waals surface area contributed by atoms with E-state index in [4.69, 9.17) is 0 Å². The third-order valence-corrected chi connectivity index (χ3v) is 2.13. The number of nitrogens with zero attached hydrogens (tertiary/aromatic N) is 2. The van der Waals surface area contributed by atoms with Crippen molar-refractivity contribution in [2.75, 3.05) is 0 Å². The smallest absolute Gasteiger partial charge is 0.387 e. The van der Waals surface area contributed by atoms with E-state index in [2.05, 4.69) is 4.98 Å². The number of halogens is 3. The van der Waals surface area contributed by atoms with Crippen LogP contribution in [0.4, 0.5) is 13.2 Å². The van der Waals surface area contributed by atoms with E-state index in [0.29, 0.717) is 5.69 Å². The van der Waals surface area contributed by atoms with Crippen LogP contribution in [0.15, 0.2) is 12.5 Å². The lowest BCUT2D eigenvalue weighted by Gasteiger charge is -2.11. The maximum Gasteiger partial charge on any atom is 0.389 e. The van der Waals surface area contributed by atoms with Crippen molar-refractivity contribution < 1.29 is 18.3 Å². The Hall–Kier alpha value is -1.04. The molecule has 3 nitrogen and oxygen atoms in total. The van der Waals surface area contributed by atoms with E-state index in [9.17, 15) is 18.3 Å². The molecule has 1 atom stereocenters. The fourth-order valence-corrected chi connectivity index (χ4v) is 1.33. The second-order valence-electron chi connectivity index (χ2n) is 3.45. The maximum absolute atomic E-state index is 11.8. The molecular formula is C9H13F3N2O. The van der Waals surface area contributed by atoms with Gasteiger partial charge in [-0.05, 0) is 12.8 Å². The minimum atomic E-state index is -4.15. The summed E-state index contributed by atoms with van der Waals surface area (Å²) in [6, 6.07) is 0. The molecule has 0 radical (unpaired) electrons. The summed E-state index contributed by atoms with van der Waals surface area (Å²) in [5, 5.41) is 9.56. The zero-order chi connectivity index (χ0) is 11.5. The lowest BCUT2D eigenvalue weighted by Crippen LogP contribution is -2.09. The van der Waals surface area contributed by atoms with Crippen molar-refractivity contribution in [2.45, 2.75) is 31.5 Å². The molecule has 0 aliphatic heterocycles. The molecule has 0 saturated carbocycles. The Labute approximate surface area is 85.6 Å². The third kappa shape index (κ3) is 3.91. The average Bonchev–Trinajstić information content (AvgIpc) is 2.48. The van der Waals surface area contributed by atoms with Crippen molar-refractivity contribution in [3.63, 3.8) is 0 Å². The van der Waals surface area contributed by atoms with Crippen molar-refractivity contribution in [1.29, 1.82) is 0 Å². The van der Waals surface area contributed by atoms with E-state index < -0.39 is 18.7 Å². The van der Waals surface area contributed by atoms with Gasteiger partial charge in [0.15, 0.2) is 0 Å². The first-order valence-electron chi connectivity index (χ1n) is 4.61. The number of hydrogen-bond acceptors (Lipinski definition) is 2. The minimum Gasteiger partial charge on any atom is -0.387 e. The van der Waals surface area contributed by atoms with E-state index in [1.807, 2.05) is 0 Å². The molecule has 1 rings (SSSR count). The number of aryl methyl sites for hydroxylation is 1. The molecule has 6 heteroatoms. The lowest BCUT2D eigenvalue weighted by molar-refractivity contribution is -0.136. The number of alkyl halides is 3. The van der Waals surface area contributed by atoms with Gasteiger partial charge in [0.25, 0.3) is 0 Å². The van der Waals surface area contributed by atoms with Crippen LogP contribution < -0.4 is 0 Å². The van der Waals surface area contributed by atoms with Gasteiger partial charge in [0.1, 0.15) is 0 Å². The van der Waals surface area contributed by atoms with Crippen molar-refractivity contribution in [3.8, 4) is 0 Å². The van der Waals surface area contributed by atoms with Gasteiger partial charge in [-0.15, -0.1) is 0 Å². The fourth-order valence-electron chi connectivity index (χ4n) is 1.33. The second-order valence-corrected chi connectivity index (χ2v) is 3.45. The normalized spacial score (nSPS) is 14.2. The zero-order valence-electron chi connectivity index (χ0n) is 8.33. The predicted molar refractivity (Wildman–Crippen MR) is 48.1 cm³/mol. The molecule has 1 N–H and O–H groups in total. The Morgan fingerprint density at radius 2 is 2.20 bits per heavy atom. The van der Waals surface area contributed by atoms with Crippen molar-refractivity contribution in [3.05, 3.63) is 18.2 Å². The summed E-state index contributed by atoms with van der Waals surface area (Å²) in [5.41, 5.74) is 0.539. The summed E-state index contributed by atoms with van der Waals surface area (Å²) in [6.45, 7) is 0. The van der Waals surface area contributed by atoms with Gasteiger partial charge in [-0.3, -0.25) is 0 Å². The fraction of sp³-hybridized carbons (Fsp3) is 0.667. The Morgan fingerprint density at radius 3 is 2.67 bits per heavy atom. The average molecular weight is 222 g/mol. The molecule has 1 unspecified atom stereocenters. The molecule has 0 spiro atoms. The summed E-state index contributed by atoms with van der Waals surface area (Å²) in [5.74, 6) is 0. The highest BCUT2D eigenvalue weighted by Crippen LogP contribution is 2.25. The molecule has 0 amide bonds. The van der Waals surface area contributed by atoms with Crippen molar-refractivity contribution >= 4 is 0 Å². The molecule has 0 bridgehead atoms. The standard InChI is InChI=1S/C9H13F3N2O/c1-14-6-13-5-7(14)8(15)3-2-4-9(10,11)12/h5-6,8,15H,2-4H2,1H3. The summed E-state index contributed by atoms with van der Waals surface area (Å²) < 4.78 is 37.1. The first-order chi connectivity index (χ1) is 6.90. The molecule has 86 valence electrons. The molecule has 0 aromatic carbocycles. The van der Waals surface area contributed by atoms with E-state index in [1.54, 1.807) is 11.6 Å². The highest BCUT2D eigenvalue weighted by Gasteiger charge is 2.26. The van der Waals surface area contributed by atoms with Crippen LogP contribution in [-0.2, 0) is 7.05 Å². The van der Waals surface area contributed by atoms with Crippen LogP contribution in [0.25, 0.3) is 0 Å². The van der Waals surface area contributed by atoms with Gasteiger partial charge in [0.2, 0.25) is 0 Å². The summed E-state index contributed by atoms with van der Waals surface area (Å²) >= 11 is 0. The quantitative estimate of drug-likeness (QED) is 0.847. The first-order valence-corrected chi connectivity index (χ1v) is 4.61. The van der Waals surface area contributed by atoms with Crippen LogP contribution in [0, 0.1) is 0 Å². The van der Waals surface area contributed by atoms with Crippen LogP contribution in [0.1, 0.15) is 31.1 Å². The first kappa shape index (κ1) is 12.0. The van der Waals surface area contributed by atoms with Crippen LogP contribution in [-0.4, -0.2) is 20.8 Å². The molecule has 0 aliphatic carbocycles. The molecule has 15 heavy (non-hydrogen) atoms. The van der Waals surface area contributed by atoms with Gasteiger partial charge in [-0.1, -0.05) is 0 Å². The Morgan fingerprint density at radius 1 is 1.53 bits per heavy atom. The van der Waals surface area contributed by atoms with Crippen LogP contribution in [0.3, 0.4) is 0 Å². The lowest BCUT2D eigenvalue weighted by atomic mass is 10.1. The molecule has 0 fully saturated rings. The van der Waals surface area contributed by atoms with Gasteiger partial charge >= 0.3 is 6.18 Å².